The number of hydrogen-bond donors (Lipinski definition) is 1. The summed E-state index contributed by atoms with van der Waals surface area (Å²) in [6.07, 6.45) is 3.33. The monoisotopic (exact) mass is 354 g/mol. The maximum atomic E-state index is 12.2. The van der Waals surface area contributed by atoms with Gasteiger partial charge in [0.2, 0.25) is 11.8 Å². The van der Waals surface area contributed by atoms with Crippen molar-refractivity contribution in [2.45, 2.75) is 30.9 Å². The van der Waals surface area contributed by atoms with Crippen LogP contribution >= 0.6 is 11.8 Å². The van der Waals surface area contributed by atoms with Gasteiger partial charge in [-0.15, -0.1) is 10.2 Å². The van der Waals surface area contributed by atoms with E-state index in [9.17, 15) is 4.79 Å². The standard InChI is InChI=1S/C18H18N4O2S/c1-12-5-7-14(8-6-12)10-20-16(23)13(2)25-18-22-21-17(24-18)15-4-3-9-19-11-15/h3-9,11,13H,10H2,1-2H3,(H,20,23)/t13-/m1/s1. The number of benzene rings is 1. The zero-order valence-corrected chi connectivity index (χ0v) is 14.8. The molecule has 0 bridgehead atoms. The van der Waals surface area contributed by atoms with E-state index in [-0.39, 0.29) is 11.2 Å². The second-order valence-corrected chi connectivity index (χ2v) is 6.87. The maximum Gasteiger partial charge on any atom is 0.277 e. The van der Waals surface area contributed by atoms with Gasteiger partial charge in [0.05, 0.1) is 10.8 Å². The molecular weight excluding hydrogens is 336 g/mol. The summed E-state index contributed by atoms with van der Waals surface area (Å²) in [5.41, 5.74) is 3.01. The number of rotatable bonds is 6. The number of nitrogens with zero attached hydrogens (tertiary/aromatic N) is 3. The lowest BCUT2D eigenvalue weighted by Crippen LogP contribution is -2.30. The molecule has 1 amide bonds. The topological polar surface area (TPSA) is 80.9 Å². The minimum Gasteiger partial charge on any atom is -0.411 e. The third-order valence-corrected chi connectivity index (χ3v) is 4.48. The molecule has 0 saturated carbocycles. The molecule has 2 aromatic heterocycles. The molecule has 3 rings (SSSR count). The van der Waals surface area contributed by atoms with Crippen LogP contribution in [0.3, 0.4) is 0 Å². The quantitative estimate of drug-likeness (QED) is 0.685. The third-order valence-electron chi connectivity index (χ3n) is 3.55. The molecule has 0 spiro atoms. The highest BCUT2D eigenvalue weighted by Gasteiger charge is 2.18. The molecule has 1 aromatic carbocycles. The van der Waals surface area contributed by atoms with Gasteiger partial charge in [-0.25, -0.2) is 0 Å². The van der Waals surface area contributed by atoms with E-state index >= 15 is 0 Å². The first-order valence-corrected chi connectivity index (χ1v) is 8.73. The Kier molecular flexibility index (Phi) is 5.45. The van der Waals surface area contributed by atoms with Crippen molar-refractivity contribution in [1.82, 2.24) is 20.5 Å². The highest BCUT2D eigenvalue weighted by Crippen LogP contribution is 2.25. The first-order chi connectivity index (χ1) is 12.1. The Morgan fingerprint density at radius 2 is 2.04 bits per heavy atom. The van der Waals surface area contributed by atoms with Gasteiger partial charge in [-0.1, -0.05) is 41.6 Å². The first-order valence-electron chi connectivity index (χ1n) is 7.85. The van der Waals surface area contributed by atoms with Crippen LogP contribution in [0.1, 0.15) is 18.1 Å². The van der Waals surface area contributed by atoms with Gasteiger partial charge in [0.25, 0.3) is 5.22 Å². The van der Waals surface area contributed by atoms with E-state index in [1.165, 1.54) is 17.3 Å². The van der Waals surface area contributed by atoms with E-state index in [2.05, 4.69) is 20.5 Å². The van der Waals surface area contributed by atoms with E-state index in [0.717, 1.165) is 11.1 Å². The highest BCUT2D eigenvalue weighted by molar-refractivity contribution is 8.00. The van der Waals surface area contributed by atoms with Crippen molar-refractivity contribution in [1.29, 1.82) is 0 Å². The average molecular weight is 354 g/mol. The minimum absolute atomic E-state index is 0.0771. The molecule has 0 unspecified atom stereocenters. The summed E-state index contributed by atoms with van der Waals surface area (Å²) in [5.74, 6) is 0.314. The van der Waals surface area contributed by atoms with Crippen LogP contribution in [0.25, 0.3) is 11.5 Å². The van der Waals surface area contributed by atoms with E-state index < -0.39 is 0 Å². The van der Waals surface area contributed by atoms with Crippen molar-refractivity contribution in [3.63, 3.8) is 0 Å². The number of thioether (sulfide) groups is 1. The zero-order valence-electron chi connectivity index (χ0n) is 14.0. The molecular formula is C18H18N4O2S. The largest absolute Gasteiger partial charge is 0.411 e. The van der Waals surface area contributed by atoms with Gasteiger partial charge < -0.3 is 9.73 Å². The van der Waals surface area contributed by atoms with Crippen LogP contribution in [-0.2, 0) is 11.3 Å². The van der Waals surface area contributed by atoms with E-state index in [0.29, 0.717) is 17.7 Å². The SMILES string of the molecule is Cc1ccc(CNC(=O)[C@@H](C)Sc2nnc(-c3cccnc3)o2)cc1. The van der Waals surface area contributed by atoms with Crippen molar-refractivity contribution in [2.75, 3.05) is 0 Å². The molecule has 0 aliphatic heterocycles. The maximum absolute atomic E-state index is 12.2. The number of carbonyl (C=O) groups is 1. The highest BCUT2D eigenvalue weighted by atomic mass is 32.2. The molecule has 0 radical (unpaired) electrons. The lowest BCUT2D eigenvalue weighted by atomic mass is 10.1. The fraction of sp³-hybridized carbons (Fsp3) is 0.222. The second-order valence-electron chi connectivity index (χ2n) is 5.58. The fourth-order valence-electron chi connectivity index (χ4n) is 2.11. The van der Waals surface area contributed by atoms with Crippen molar-refractivity contribution in [2.24, 2.45) is 0 Å². The Balaban J connectivity index is 1.54. The molecule has 1 atom stereocenters. The number of hydrogen-bond acceptors (Lipinski definition) is 6. The van der Waals surface area contributed by atoms with Crippen LogP contribution in [-0.4, -0.2) is 26.3 Å². The van der Waals surface area contributed by atoms with Gasteiger partial charge in [0.1, 0.15) is 0 Å². The second kappa shape index (κ2) is 7.94. The molecule has 0 saturated heterocycles. The molecule has 6 nitrogen and oxygen atoms in total. The third kappa shape index (κ3) is 4.67. The Morgan fingerprint density at radius 3 is 2.76 bits per heavy atom. The number of carbonyl (C=O) groups excluding carboxylic acids is 1. The Morgan fingerprint density at radius 1 is 1.24 bits per heavy atom. The van der Waals surface area contributed by atoms with Crippen molar-refractivity contribution in [3.8, 4) is 11.5 Å². The van der Waals surface area contributed by atoms with Crippen molar-refractivity contribution >= 4 is 17.7 Å². The number of amides is 1. The molecule has 1 N–H and O–H groups in total. The van der Waals surface area contributed by atoms with Gasteiger partial charge in [-0.05, 0) is 31.5 Å². The minimum atomic E-state index is -0.340. The smallest absolute Gasteiger partial charge is 0.277 e. The van der Waals surface area contributed by atoms with Gasteiger partial charge >= 0.3 is 0 Å². The molecule has 2 heterocycles. The summed E-state index contributed by atoms with van der Waals surface area (Å²) >= 11 is 1.23. The normalized spacial score (nSPS) is 11.9. The van der Waals surface area contributed by atoms with E-state index in [4.69, 9.17) is 4.42 Å². The van der Waals surface area contributed by atoms with Crippen molar-refractivity contribution < 1.29 is 9.21 Å². The molecule has 0 fully saturated rings. The van der Waals surface area contributed by atoms with Gasteiger partial charge in [-0.3, -0.25) is 9.78 Å². The van der Waals surface area contributed by atoms with Crippen LogP contribution in [0.4, 0.5) is 0 Å². The summed E-state index contributed by atoms with van der Waals surface area (Å²) in [6, 6.07) is 11.7. The number of pyridine rings is 1. The summed E-state index contributed by atoms with van der Waals surface area (Å²) < 4.78 is 5.59. The lowest BCUT2D eigenvalue weighted by Gasteiger charge is -2.10. The lowest BCUT2D eigenvalue weighted by molar-refractivity contribution is -0.120. The van der Waals surface area contributed by atoms with Crippen LogP contribution in [0, 0.1) is 6.92 Å². The van der Waals surface area contributed by atoms with E-state index in [1.807, 2.05) is 44.2 Å². The Hall–Kier alpha value is -2.67. The molecule has 25 heavy (non-hydrogen) atoms. The van der Waals surface area contributed by atoms with Crippen LogP contribution in [0.15, 0.2) is 58.4 Å². The average Bonchev–Trinajstić information content (AvgIpc) is 3.10. The number of nitrogens with one attached hydrogen (secondary N) is 1. The predicted octanol–water partition coefficient (Wildman–Crippen LogP) is 3.24. The first kappa shape index (κ1) is 17.2. The van der Waals surface area contributed by atoms with Gasteiger partial charge in [0, 0.05) is 18.9 Å². The molecule has 7 heteroatoms. The summed E-state index contributed by atoms with van der Waals surface area (Å²) in [6.45, 7) is 4.34. The van der Waals surface area contributed by atoms with E-state index in [1.54, 1.807) is 18.5 Å². The summed E-state index contributed by atoms with van der Waals surface area (Å²) in [7, 11) is 0. The van der Waals surface area contributed by atoms with Crippen molar-refractivity contribution in [3.05, 3.63) is 59.9 Å². The molecule has 3 aromatic rings. The Bertz CT molecular complexity index is 834. The Labute approximate surface area is 150 Å². The summed E-state index contributed by atoms with van der Waals surface area (Å²) in [4.78, 5) is 16.3. The summed E-state index contributed by atoms with van der Waals surface area (Å²) in [5, 5.41) is 10.9. The zero-order chi connectivity index (χ0) is 17.6. The fourth-order valence-corrected chi connectivity index (χ4v) is 2.81. The molecule has 128 valence electrons. The van der Waals surface area contributed by atoms with Crippen LogP contribution in [0.5, 0.6) is 0 Å². The number of aryl methyl sites for hydroxylation is 1. The predicted molar refractivity (Wildman–Crippen MR) is 95.9 cm³/mol. The van der Waals surface area contributed by atoms with Crippen LogP contribution < -0.4 is 5.32 Å². The van der Waals surface area contributed by atoms with Crippen LogP contribution in [0.2, 0.25) is 0 Å². The molecule has 0 aliphatic carbocycles. The molecule has 0 aliphatic rings. The van der Waals surface area contributed by atoms with Gasteiger partial charge in [0.15, 0.2) is 0 Å². The van der Waals surface area contributed by atoms with Gasteiger partial charge in [-0.2, -0.15) is 0 Å². The number of aromatic nitrogens is 3.